The van der Waals surface area contributed by atoms with Crippen LogP contribution in [-0.2, 0) is 0 Å². The Balaban J connectivity index is 2.04. The summed E-state index contributed by atoms with van der Waals surface area (Å²) in [5.74, 6) is 1.65. The molecule has 0 aromatic heterocycles. The second-order valence-corrected chi connectivity index (χ2v) is 3.66. The van der Waals surface area contributed by atoms with Crippen molar-refractivity contribution < 1.29 is 0 Å². The van der Waals surface area contributed by atoms with Crippen LogP contribution in [0, 0.1) is 11.8 Å². The van der Waals surface area contributed by atoms with Gasteiger partial charge in [0.25, 0.3) is 0 Å². The molecule has 1 fully saturated rings. The predicted octanol–water partition coefficient (Wildman–Crippen LogP) is 0.533. The van der Waals surface area contributed by atoms with E-state index in [0.717, 1.165) is 18.4 Å². The van der Waals surface area contributed by atoms with E-state index in [1.807, 2.05) is 0 Å². The van der Waals surface area contributed by atoms with Gasteiger partial charge in [0.05, 0.1) is 0 Å². The van der Waals surface area contributed by atoms with E-state index in [0.29, 0.717) is 0 Å². The molecule has 0 saturated carbocycles. The van der Waals surface area contributed by atoms with Gasteiger partial charge in [-0.3, -0.25) is 0 Å². The summed E-state index contributed by atoms with van der Waals surface area (Å²) in [5.41, 5.74) is 5.52. The minimum atomic E-state index is 0.721. The zero-order valence-corrected chi connectivity index (χ0v) is 7.01. The maximum absolute atomic E-state index is 5.52. The molecule has 1 aliphatic rings. The van der Waals surface area contributed by atoms with E-state index < -0.39 is 0 Å². The van der Waals surface area contributed by atoms with Crippen molar-refractivity contribution in [2.75, 3.05) is 26.7 Å². The molecule has 0 aromatic carbocycles. The van der Waals surface area contributed by atoms with E-state index in [1.54, 1.807) is 0 Å². The maximum atomic E-state index is 5.52. The normalized spacial score (nSPS) is 24.3. The van der Waals surface area contributed by atoms with Crippen LogP contribution in [0.5, 0.6) is 0 Å². The minimum Gasteiger partial charge on any atom is -0.330 e. The fourth-order valence-corrected chi connectivity index (χ4v) is 1.64. The molecule has 0 amide bonds. The number of rotatable bonds is 3. The van der Waals surface area contributed by atoms with Crippen LogP contribution in [-0.4, -0.2) is 31.6 Å². The second-order valence-electron chi connectivity index (χ2n) is 3.66. The Kier molecular flexibility index (Phi) is 2.69. The largest absolute Gasteiger partial charge is 0.330 e. The highest BCUT2D eigenvalue weighted by Gasteiger charge is 2.23. The van der Waals surface area contributed by atoms with E-state index in [2.05, 4.69) is 18.9 Å². The monoisotopic (exact) mass is 142 g/mol. The second kappa shape index (κ2) is 3.35. The molecule has 0 radical (unpaired) electrons. The third-order valence-corrected chi connectivity index (χ3v) is 2.28. The highest BCUT2D eigenvalue weighted by Crippen LogP contribution is 2.20. The molecule has 60 valence electrons. The van der Waals surface area contributed by atoms with Crippen molar-refractivity contribution in [1.82, 2.24) is 4.90 Å². The van der Waals surface area contributed by atoms with Gasteiger partial charge < -0.3 is 10.6 Å². The Hall–Kier alpha value is -0.0800. The van der Waals surface area contributed by atoms with Gasteiger partial charge in [-0.25, -0.2) is 0 Å². The lowest BCUT2D eigenvalue weighted by Gasteiger charge is -2.37. The summed E-state index contributed by atoms with van der Waals surface area (Å²) in [7, 11) is 2.17. The van der Waals surface area contributed by atoms with Crippen LogP contribution in [0.2, 0.25) is 0 Å². The van der Waals surface area contributed by atoms with Crippen LogP contribution in [0.15, 0.2) is 0 Å². The van der Waals surface area contributed by atoms with Gasteiger partial charge in [0, 0.05) is 13.1 Å². The van der Waals surface area contributed by atoms with Crippen LogP contribution in [0.1, 0.15) is 13.3 Å². The summed E-state index contributed by atoms with van der Waals surface area (Å²) < 4.78 is 0. The Morgan fingerprint density at radius 2 is 2.20 bits per heavy atom. The van der Waals surface area contributed by atoms with Gasteiger partial charge >= 0.3 is 0 Å². The zero-order chi connectivity index (χ0) is 7.56. The number of hydrogen-bond donors (Lipinski definition) is 1. The fourth-order valence-electron chi connectivity index (χ4n) is 1.64. The van der Waals surface area contributed by atoms with Crippen molar-refractivity contribution >= 4 is 0 Å². The summed E-state index contributed by atoms with van der Waals surface area (Å²) in [5, 5.41) is 0. The molecule has 1 atom stereocenters. The molecule has 1 saturated heterocycles. The van der Waals surface area contributed by atoms with E-state index >= 15 is 0 Å². The molecule has 10 heavy (non-hydrogen) atoms. The van der Waals surface area contributed by atoms with Crippen molar-refractivity contribution in [3.05, 3.63) is 0 Å². The summed E-state index contributed by atoms with van der Waals surface area (Å²) in [4.78, 5) is 2.36. The van der Waals surface area contributed by atoms with Crippen molar-refractivity contribution in [3.63, 3.8) is 0 Å². The first-order valence-corrected chi connectivity index (χ1v) is 4.11. The SMILES string of the molecule is CC(CN)CC1CN(C)C1. The first kappa shape index (κ1) is 8.02. The van der Waals surface area contributed by atoms with Gasteiger partial charge in [0.15, 0.2) is 0 Å². The van der Waals surface area contributed by atoms with Crippen LogP contribution < -0.4 is 5.73 Å². The molecule has 0 aromatic rings. The topological polar surface area (TPSA) is 29.3 Å². The number of nitrogens with zero attached hydrogens (tertiary/aromatic N) is 1. The van der Waals surface area contributed by atoms with Gasteiger partial charge in [0.1, 0.15) is 0 Å². The molecule has 0 bridgehead atoms. The number of hydrogen-bond acceptors (Lipinski definition) is 2. The Labute approximate surface area is 63.4 Å². The molecule has 0 spiro atoms. The van der Waals surface area contributed by atoms with E-state index in [1.165, 1.54) is 19.5 Å². The Morgan fingerprint density at radius 3 is 2.60 bits per heavy atom. The molecule has 1 unspecified atom stereocenters. The fraction of sp³-hybridized carbons (Fsp3) is 1.00. The van der Waals surface area contributed by atoms with E-state index in [4.69, 9.17) is 5.73 Å². The quantitative estimate of drug-likeness (QED) is 0.623. The van der Waals surface area contributed by atoms with Gasteiger partial charge in [0.2, 0.25) is 0 Å². The van der Waals surface area contributed by atoms with Crippen LogP contribution in [0.3, 0.4) is 0 Å². The molecular formula is C8H18N2. The lowest BCUT2D eigenvalue weighted by molar-refractivity contribution is 0.114. The van der Waals surface area contributed by atoms with E-state index in [-0.39, 0.29) is 0 Å². The van der Waals surface area contributed by atoms with Crippen LogP contribution >= 0.6 is 0 Å². The predicted molar refractivity (Wildman–Crippen MR) is 43.8 cm³/mol. The van der Waals surface area contributed by atoms with Crippen molar-refractivity contribution in [2.45, 2.75) is 13.3 Å². The van der Waals surface area contributed by atoms with Crippen LogP contribution in [0.25, 0.3) is 0 Å². The Morgan fingerprint density at radius 1 is 1.60 bits per heavy atom. The summed E-state index contributed by atoms with van der Waals surface area (Å²) in [6.45, 7) is 5.65. The van der Waals surface area contributed by atoms with Gasteiger partial charge in [-0.2, -0.15) is 0 Å². The first-order chi connectivity index (χ1) is 4.72. The molecule has 2 N–H and O–H groups in total. The third-order valence-electron chi connectivity index (χ3n) is 2.28. The standard InChI is InChI=1S/C8H18N2/c1-7(4-9)3-8-5-10(2)6-8/h7-8H,3-6,9H2,1-2H3. The molecule has 1 rings (SSSR count). The van der Waals surface area contributed by atoms with Gasteiger partial charge in [-0.1, -0.05) is 6.92 Å². The lowest BCUT2D eigenvalue weighted by Crippen LogP contribution is -2.44. The van der Waals surface area contributed by atoms with Crippen molar-refractivity contribution in [3.8, 4) is 0 Å². The highest BCUT2D eigenvalue weighted by atomic mass is 15.2. The molecule has 0 aliphatic carbocycles. The van der Waals surface area contributed by atoms with Gasteiger partial charge in [-0.05, 0) is 31.8 Å². The van der Waals surface area contributed by atoms with Crippen molar-refractivity contribution in [1.29, 1.82) is 0 Å². The molecule has 2 nitrogen and oxygen atoms in total. The molecule has 1 heterocycles. The molecule has 2 heteroatoms. The minimum absolute atomic E-state index is 0.721. The summed E-state index contributed by atoms with van der Waals surface area (Å²) >= 11 is 0. The maximum Gasteiger partial charge on any atom is 0.00191 e. The van der Waals surface area contributed by atoms with Crippen molar-refractivity contribution in [2.24, 2.45) is 17.6 Å². The highest BCUT2D eigenvalue weighted by molar-refractivity contribution is 4.78. The third kappa shape index (κ3) is 1.96. The first-order valence-electron chi connectivity index (χ1n) is 4.11. The molecular weight excluding hydrogens is 124 g/mol. The lowest BCUT2D eigenvalue weighted by atomic mass is 9.90. The Bertz CT molecular complexity index is 97.4. The van der Waals surface area contributed by atoms with E-state index in [9.17, 15) is 0 Å². The summed E-state index contributed by atoms with van der Waals surface area (Å²) in [6.07, 6.45) is 1.32. The summed E-state index contributed by atoms with van der Waals surface area (Å²) in [6, 6.07) is 0. The number of likely N-dealkylation sites (tertiary alicyclic amines) is 1. The van der Waals surface area contributed by atoms with Crippen LogP contribution in [0.4, 0.5) is 0 Å². The zero-order valence-electron chi connectivity index (χ0n) is 7.01. The average Bonchev–Trinajstić information content (AvgIpc) is 1.84. The average molecular weight is 142 g/mol. The smallest absolute Gasteiger partial charge is 0.00191 e. The molecule has 1 aliphatic heterocycles. The van der Waals surface area contributed by atoms with Gasteiger partial charge in [-0.15, -0.1) is 0 Å². The number of nitrogens with two attached hydrogens (primary N) is 1.